The van der Waals surface area contributed by atoms with Gasteiger partial charge in [-0.15, -0.1) is 0 Å². The molecule has 0 amide bonds. The molecule has 0 aromatic rings. The molecule has 166 valence electrons. The van der Waals surface area contributed by atoms with Crippen molar-refractivity contribution in [2.45, 2.75) is 52.1 Å². The molecule has 1 aliphatic heterocycles. The van der Waals surface area contributed by atoms with E-state index < -0.39 is 61.9 Å². The Bertz CT molecular complexity index is 563. The fourth-order valence-electron chi connectivity index (χ4n) is 2.31. The molecule has 1 rings (SSSR count). The van der Waals surface area contributed by atoms with Gasteiger partial charge in [0.25, 0.3) is 0 Å². The van der Waals surface area contributed by atoms with E-state index in [-0.39, 0.29) is 20.0 Å². The Morgan fingerprint density at radius 3 is 2.00 bits per heavy atom. The van der Waals surface area contributed by atoms with Crippen molar-refractivity contribution in [2.24, 2.45) is 0 Å². The highest BCUT2D eigenvalue weighted by Gasteiger charge is 2.42. The van der Waals surface area contributed by atoms with Gasteiger partial charge in [0, 0.05) is 27.7 Å². The number of carbonyl (C=O) groups is 4. The molecule has 1 aliphatic rings. The summed E-state index contributed by atoms with van der Waals surface area (Å²) in [4.78, 5) is 44.3. The van der Waals surface area contributed by atoms with Crippen LogP contribution in [0.5, 0.6) is 0 Å². The van der Waals surface area contributed by atoms with Crippen LogP contribution in [0.15, 0.2) is 0 Å². The molecule has 0 aromatic heterocycles. The molecule has 29 heavy (non-hydrogen) atoms. The fraction of sp³-hybridized carbons (Fsp3) is 0.765. The van der Waals surface area contributed by atoms with Crippen molar-refractivity contribution < 1.29 is 57.1 Å². The number of esters is 4. The Morgan fingerprint density at radius 2 is 1.41 bits per heavy atom. The number of rotatable bonds is 11. The number of carbonyl (C=O) groups excluding carboxylic acids is 4. The zero-order valence-electron chi connectivity index (χ0n) is 16.7. The van der Waals surface area contributed by atoms with Crippen molar-refractivity contribution in [1.82, 2.24) is 0 Å². The smallest absolute Gasteiger partial charge is 0.304 e. The van der Waals surface area contributed by atoms with Crippen LogP contribution in [-0.2, 0) is 57.1 Å². The third-order valence-corrected chi connectivity index (χ3v) is 3.57. The molecule has 0 saturated carbocycles. The van der Waals surface area contributed by atoms with E-state index in [0.29, 0.717) is 0 Å². The van der Waals surface area contributed by atoms with Crippen molar-refractivity contribution in [3.05, 3.63) is 0 Å². The third kappa shape index (κ3) is 10.2. The molecule has 0 bridgehead atoms. The topological polar surface area (TPSA) is 142 Å². The summed E-state index contributed by atoms with van der Waals surface area (Å²) < 4.78 is 41.5. The molecule has 1 fully saturated rings. The predicted octanol–water partition coefficient (Wildman–Crippen LogP) is -0.334. The molecule has 1 heterocycles. The molecular weight excluding hydrogens is 396 g/mol. The van der Waals surface area contributed by atoms with E-state index in [0.717, 1.165) is 0 Å². The van der Waals surface area contributed by atoms with Crippen molar-refractivity contribution in [3.63, 3.8) is 0 Å². The summed E-state index contributed by atoms with van der Waals surface area (Å²) in [5.41, 5.74) is 0. The van der Waals surface area contributed by atoms with E-state index in [1.165, 1.54) is 27.7 Å². The zero-order chi connectivity index (χ0) is 21.8. The summed E-state index contributed by atoms with van der Waals surface area (Å²) in [6.07, 6.45) is -3.54. The van der Waals surface area contributed by atoms with Crippen LogP contribution in [0.3, 0.4) is 0 Å². The van der Waals surface area contributed by atoms with E-state index in [4.69, 9.17) is 37.9 Å². The van der Waals surface area contributed by atoms with Gasteiger partial charge in [-0.05, 0) is 0 Å². The molecular formula is C17H26O12. The minimum Gasteiger partial charge on any atom is -0.463 e. The molecule has 4 atom stereocenters. The summed E-state index contributed by atoms with van der Waals surface area (Å²) in [6.45, 7) is 3.41. The van der Waals surface area contributed by atoms with Crippen LogP contribution in [0.1, 0.15) is 27.7 Å². The number of hydrogen-bond acceptors (Lipinski definition) is 12. The second kappa shape index (κ2) is 13.0. The largest absolute Gasteiger partial charge is 0.463 e. The van der Waals surface area contributed by atoms with Crippen LogP contribution >= 0.6 is 0 Å². The lowest BCUT2D eigenvalue weighted by atomic mass is 10.0. The first-order valence-corrected chi connectivity index (χ1v) is 8.70. The highest BCUT2D eigenvalue weighted by molar-refractivity contribution is 5.66. The Hall–Kier alpha value is -2.28. The number of hydrogen-bond donors (Lipinski definition) is 0. The Labute approximate surface area is 167 Å². The lowest BCUT2D eigenvalue weighted by Gasteiger charge is -2.40. The second-order valence-electron chi connectivity index (χ2n) is 5.90. The van der Waals surface area contributed by atoms with Crippen LogP contribution in [0, 0.1) is 0 Å². The maximum Gasteiger partial charge on any atom is 0.304 e. The van der Waals surface area contributed by atoms with Crippen LogP contribution in [0.4, 0.5) is 0 Å². The van der Waals surface area contributed by atoms with E-state index in [2.05, 4.69) is 0 Å². The van der Waals surface area contributed by atoms with Gasteiger partial charge in [0.15, 0.2) is 13.6 Å². The van der Waals surface area contributed by atoms with Crippen LogP contribution < -0.4 is 0 Å². The second-order valence-corrected chi connectivity index (χ2v) is 5.90. The summed E-state index contributed by atoms with van der Waals surface area (Å²) >= 11 is 0. The quantitative estimate of drug-likeness (QED) is 0.244. The minimum absolute atomic E-state index is 0.163. The van der Waals surface area contributed by atoms with Gasteiger partial charge in [0.1, 0.15) is 44.4 Å². The Balaban J connectivity index is 2.92. The first-order valence-electron chi connectivity index (χ1n) is 8.70. The minimum atomic E-state index is -0.930. The van der Waals surface area contributed by atoms with Gasteiger partial charge in [-0.3, -0.25) is 19.2 Å². The van der Waals surface area contributed by atoms with Gasteiger partial charge in [-0.1, -0.05) is 0 Å². The van der Waals surface area contributed by atoms with Gasteiger partial charge in [0.05, 0.1) is 0 Å². The van der Waals surface area contributed by atoms with E-state index in [9.17, 15) is 19.2 Å². The average Bonchev–Trinajstić information content (AvgIpc) is 2.62. The summed E-state index contributed by atoms with van der Waals surface area (Å²) in [6, 6.07) is 0. The first kappa shape index (κ1) is 24.8. The fourth-order valence-corrected chi connectivity index (χ4v) is 2.31. The molecule has 1 saturated heterocycles. The molecule has 0 aliphatic carbocycles. The molecule has 12 heteroatoms. The van der Waals surface area contributed by atoms with Crippen LogP contribution in [0.25, 0.3) is 0 Å². The maximum atomic E-state index is 11.2. The first-order chi connectivity index (χ1) is 13.7. The van der Waals surface area contributed by atoms with Crippen molar-refractivity contribution in [2.75, 3.05) is 33.6 Å². The molecule has 0 radical (unpaired) electrons. The van der Waals surface area contributed by atoms with Gasteiger partial charge >= 0.3 is 23.9 Å². The standard InChI is InChI=1S/C17H26O12/c1-10(18)22-5-14(26-7-24-12(3)20)17-16(28-8-25-13(4)21)15(27-9-29-17)6-23-11(2)19/h14-17H,5-9H2,1-4H3. The lowest BCUT2D eigenvalue weighted by molar-refractivity contribution is -0.291. The van der Waals surface area contributed by atoms with Gasteiger partial charge < -0.3 is 37.9 Å². The summed E-state index contributed by atoms with van der Waals surface area (Å²) in [5, 5.41) is 0. The Morgan fingerprint density at radius 1 is 0.828 bits per heavy atom. The lowest BCUT2D eigenvalue weighted by Crippen LogP contribution is -2.56. The van der Waals surface area contributed by atoms with E-state index >= 15 is 0 Å². The van der Waals surface area contributed by atoms with E-state index in [1.54, 1.807) is 0 Å². The third-order valence-electron chi connectivity index (χ3n) is 3.57. The zero-order valence-corrected chi connectivity index (χ0v) is 16.7. The van der Waals surface area contributed by atoms with E-state index in [1.807, 2.05) is 0 Å². The average molecular weight is 422 g/mol. The van der Waals surface area contributed by atoms with Crippen molar-refractivity contribution in [1.29, 1.82) is 0 Å². The summed E-state index contributed by atoms with van der Waals surface area (Å²) in [5.74, 6) is -2.23. The van der Waals surface area contributed by atoms with Crippen LogP contribution in [0.2, 0.25) is 0 Å². The monoisotopic (exact) mass is 422 g/mol. The normalized spacial score (nSPS) is 22.3. The van der Waals surface area contributed by atoms with Crippen molar-refractivity contribution in [3.8, 4) is 0 Å². The maximum absolute atomic E-state index is 11.2. The van der Waals surface area contributed by atoms with Crippen LogP contribution in [-0.4, -0.2) is 81.9 Å². The molecule has 4 unspecified atom stereocenters. The van der Waals surface area contributed by atoms with Gasteiger partial charge in [-0.2, -0.15) is 0 Å². The molecule has 12 nitrogen and oxygen atoms in total. The molecule has 0 aromatic carbocycles. The molecule has 0 N–H and O–H groups in total. The highest BCUT2D eigenvalue weighted by Crippen LogP contribution is 2.23. The molecule has 0 spiro atoms. The predicted molar refractivity (Wildman–Crippen MR) is 90.9 cm³/mol. The summed E-state index contributed by atoms with van der Waals surface area (Å²) in [7, 11) is 0. The van der Waals surface area contributed by atoms with Crippen molar-refractivity contribution >= 4 is 23.9 Å². The SMILES string of the molecule is CC(=O)OCOC(COC(C)=O)C1OCOC(COC(C)=O)C1OCOC(C)=O. The van der Waals surface area contributed by atoms with Gasteiger partial charge in [0.2, 0.25) is 0 Å². The number of ether oxygens (including phenoxy) is 8. The van der Waals surface area contributed by atoms with Gasteiger partial charge in [-0.25, -0.2) is 0 Å². The Kier molecular flexibility index (Phi) is 11.1. The highest BCUT2D eigenvalue weighted by atomic mass is 16.7.